The summed E-state index contributed by atoms with van der Waals surface area (Å²) in [5.41, 5.74) is 1.30. The summed E-state index contributed by atoms with van der Waals surface area (Å²) >= 11 is 7.16. The van der Waals surface area contributed by atoms with E-state index in [0.717, 1.165) is 11.3 Å². The molecule has 9 heteroatoms. The van der Waals surface area contributed by atoms with Gasteiger partial charge in [-0.2, -0.15) is 0 Å². The number of hydrogen-bond acceptors (Lipinski definition) is 6. The van der Waals surface area contributed by atoms with Crippen molar-refractivity contribution in [3.63, 3.8) is 0 Å². The third-order valence-corrected chi connectivity index (χ3v) is 6.86. The lowest BCUT2D eigenvalue weighted by molar-refractivity contribution is -0.132. The standard InChI is InChI=1S/C26H18ClFN2O4S/c1-2-34-18-5-3-4-15(12-18)23(31)21-22(14-6-8-16(27)9-7-14)30(25(33)24(21)32)26-29-19-11-10-17(28)13-20(19)35-26/h3-13,22,31H,2H2,1H3. The summed E-state index contributed by atoms with van der Waals surface area (Å²) in [6.45, 7) is 2.26. The number of Topliss-reactive ketones (excluding diaryl/α,β-unsaturated/α-hetero) is 1. The topological polar surface area (TPSA) is 79.7 Å². The van der Waals surface area contributed by atoms with Gasteiger partial charge in [0.05, 0.1) is 28.4 Å². The molecule has 5 rings (SSSR count). The Morgan fingerprint density at radius 1 is 1.14 bits per heavy atom. The number of anilines is 1. The lowest BCUT2D eigenvalue weighted by Crippen LogP contribution is -2.29. The Morgan fingerprint density at radius 3 is 2.66 bits per heavy atom. The minimum atomic E-state index is -0.964. The van der Waals surface area contributed by atoms with E-state index in [1.165, 1.54) is 23.1 Å². The first-order chi connectivity index (χ1) is 16.9. The van der Waals surface area contributed by atoms with Crippen molar-refractivity contribution in [1.82, 2.24) is 4.98 Å². The molecule has 1 saturated heterocycles. The number of halogens is 2. The van der Waals surface area contributed by atoms with E-state index >= 15 is 0 Å². The second-order valence-electron chi connectivity index (χ2n) is 7.79. The van der Waals surface area contributed by atoms with Crippen molar-refractivity contribution in [2.75, 3.05) is 11.5 Å². The molecule has 1 aliphatic heterocycles. The van der Waals surface area contributed by atoms with E-state index in [4.69, 9.17) is 16.3 Å². The van der Waals surface area contributed by atoms with E-state index in [-0.39, 0.29) is 16.5 Å². The predicted molar refractivity (Wildman–Crippen MR) is 133 cm³/mol. The largest absolute Gasteiger partial charge is 0.507 e. The van der Waals surface area contributed by atoms with Gasteiger partial charge in [0, 0.05) is 10.6 Å². The second-order valence-corrected chi connectivity index (χ2v) is 9.24. The Bertz CT molecular complexity index is 1500. The molecule has 1 atom stereocenters. The van der Waals surface area contributed by atoms with Gasteiger partial charge in [0.25, 0.3) is 5.78 Å². The zero-order chi connectivity index (χ0) is 24.7. The van der Waals surface area contributed by atoms with Gasteiger partial charge in [-0.25, -0.2) is 9.37 Å². The number of aromatic nitrogens is 1. The van der Waals surface area contributed by atoms with Crippen LogP contribution in [0.3, 0.4) is 0 Å². The fourth-order valence-electron chi connectivity index (χ4n) is 4.03. The van der Waals surface area contributed by atoms with Crippen molar-refractivity contribution in [2.24, 2.45) is 0 Å². The number of carbonyl (C=O) groups is 2. The van der Waals surface area contributed by atoms with Gasteiger partial charge in [-0.1, -0.05) is 47.2 Å². The van der Waals surface area contributed by atoms with Crippen LogP contribution in [0.1, 0.15) is 24.1 Å². The number of benzene rings is 3. The number of fused-ring (bicyclic) bond motifs is 1. The molecule has 0 aliphatic carbocycles. The first-order valence-electron chi connectivity index (χ1n) is 10.7. The molecule has 1 amide bonds. The quantitative estimate of drug-likeness (QED) is 0.200. The van der Waals surface area contributed by atoms with Crippen LogP contribution in [0.5, 0.6) is 5.75 Å². The average molecular weight is 509 g/mol. The highest BCUT2D eigenvalue weighted by Crippen LogP contribution is 2.44. The Hall–Kier alpha value is -3.75. The van der Waals surface area contributed by atoms with Crippen molar-refractivity contribution in [3.05, 3.63) is 94.3 Å². The number of amides is 1. The van der Waals surface area contributed by atoms with Crippen molar-refractivity contribution < 1.29 is 23.8 Å². The van der Waals surface area contributed by atoms with Crippen molar-refractivity contribution in [2.45, 2.75) is 13.0 Å². The van der Waals surface area contributed by atoms with E-state index < -0.39 is 23.5 Å². The molecular formula is C26H18ClFN2O4S. The van der Waals surface area contributed by atoms with Crippen LogP contribution in [0.2, 0.25) is 5.02 Å². The van der Waals surface area contributed by atoms with Gasteiger partial charge < -0.3 is 9.84 Å². The van der Waals surface area contributed by atoms with Crippen molar-refractivity contribution in [1.29, 1.82) is 0 Å². The van der Waals surface area contributed by atoms with Crippen LogP contribution in [-0.4, -0.2) is 28.4 Å². The Kier molecular flexibility index (Phi) is 6.00. The van der Waals surface area contributed by atoms with Crippen LogP contribution >= 0.6 is 22.9 Å². The van der Waals surface area contributed by atoms with Crippen LogP contribution in [0.25, 0.3) is 16.0 Å². The maximum Gasteiger partial charge on any atom is 0.301 e. The molecule has 6 nitrogen and oxygen atoms in total. The summed E-state index contributed by atoms with van der Waals surface area (Å²) in [6, 6.07) is 16.4. The van der Waals surface area contributed by atoms with E-state index in [1.807, 2.05) is 6.92 Å². The van der Waals surface area contributed by atoms with Crippen LogP contribution in [-0.2, 0) is 9.59 Å². The molecule has 0 radical (unpaired) electrons. The van der Waals surface area contributed by atoms with Gasteiger partial charge in [0.2, 0.25) is 0 Å². The second kappa shape index (κ2) is 9.13. The first kappa shape index (κ1) is 23.0. The Morgan fingerprint density at radius 2 is 1.91 bits per heavy atom. The van der Waals surface area contributed by atoms with E-state index in [9.17, 15) is 19.1 Å². The number of aliphatic hydroxyl groups is 1. The summed E-state index contributed by atoms with van der Waals surface area (Å²) in [4.78, 5) is 32.3. The number of thiazole rings is 1. The molecule has 35 heavy (non-hydrogen) atoms. The van der Waals surface area contributed by atoms with E-state index in [0.29, 0.717) is 38.7 Å². The SMILES string of the molecule is CCOc1cccc(C(O)=C2C(=O)C(=O)N(c3nc4ccc(F)cc4s3)C2c2ccc(Cl)cc2)c1. The lowest BCUT2D eigenvalue weighted by atomic mass is 9.95. The third-order valence-electron chi connectivity index (χ3n) is 5.59. The molecule has 0 spiro atoms. The fraction of sp³-hybridized carbons (Fsp3) is 0.115. The van der Waals surface area contributed by atoms with Gasteiger partial charge in [0.1, 0.15) is 17.3 Å². The number of aliphatic hydroxyl groups excluding tert-OH is 1. The number of carbonyl (C=O) groups excluding carboxylic acids is 2. The maximum absolute atomic E-state index is 13.8. The molecular weight excluding hydrogens is 491 g/mol. The molecule has 1 fully saturated rings. The molecule has 0 bridgehead atoms. The number of ketones is 1. The van der Waals surface area contributed by atoms with Crippen molar-refractivity contribution in [3.8, 4) is 5.75 Å². The maximum atomic E-state index is 13.8. The average Bonchev–Trinajstić information content (AvgIpc) is 3.37. The number of nitrogens with zero attached hydrogens (tertiary/aromatic N) is 2. The fourth-order valence-corrected chi connectivity index (χ4v) is 5.18. The smallest absolute Gasteiger partial charge is 0.301 e. The monoisotopic (exact) mass is 508 g/mol. The number of hydrogen-bond donors (Lipinski definition) is 1. The molecule has 4 aromatic rings. The highest BCUT2D eigenvalue weighted by Gasteiger charge is 2.48. The van der Waals surface area contributed by atoms with Gasteiger partial charge in [0.15, 0.2) is 5.13 Å². The molecule has 1 N–H and O–H groups in total. The summed E-state index contributed by atoms with van der Waals surface area (Å²) < 4.78 is 19.8. The summed E-state index contributed by atoms with van der Waals surface area (Å²) in [5.74, 6) is -1.94. The van der Waals surface area contributed by atoms with Crippen LogP contribution < -0.4 is 9.64 Å². The summed E-state index contributed by atoms with van der Waals surface area (Å²) in [7, 11) is 0. The molecule has 2 heterocycles. The molecule has 0 saturated carbocycles. The Labute approximate surface area is 208 Å². The Balaban J connectivity index is 1.71. The van der Waals surface area contributed by atoms with Gasteiger partial charge in [-0.3, -0.25) is 14.5 Å². The van der Waals surface area contributed by atoms with E-state index in [1.54, 1.807) is 48.5 Å². The highest BCUT2D eigenvalue weighted by molar-refractivity contribution is 7.22. The molecule has 1 aliphatic rings. The summed E-state index contributed by atoms with van der Waals surface area (Å²) in [6.07, 6.45) is 0. The molecule has 176 valence electrons. The minimum absolute atomic E-state index is 0.0867. The predicted octanol–water partition coefficient (Wildman–Crippen LogP) is 6.11. The normalized spacial score (nSPS) is 17.3. The van der Waals surface area contributed by atoms with Gasteiger partial charge in [-0.05, 0) is 55.0 Å². The van der Waals surface area contributed by atoms with Crippen LogP contribution in [0.4, 0.5) is 9.52 Å². The molecule has 1 unspecified atom stereocenters. The third kappa shape index (κ3) is 4.15. The van der Waals surface area contributed by atoms with Gasteiger partial charge >= 0.3 is 5.91 Å². The molecule has 3 aromatic carbocycles. The first-order valence-corrected chi connectivity index (χ1v) is 11.9. The lowest BCUT2D eigenvalue weighted by Gasteiger charge is -2.23. The van der Waals surface area contributed by atoms with E-state index in [2.05, 4.69) is 4.98 Å². The minimum Gasteiger partial charge on any atom is -0.507 e. The molecule has 1 aromatic heterocycles. The van der Waals surface area contributed by atoms with Crippen LogP contribution in [0, 0.1) is 5.82 Å². The van der Waals surface area contributed by atoms with Gasteiger partial charge in [-0.15, -0.1) is 0 Å². The zero-order valence-corrected chi connectivity index (χ0v) is 19.9. The highest BCUT2D eigenvalue weighted by atomic mass is 35.5. The number of rotatable bonds is 5. The van der Waals surface area contributed by atoms with Crippen LogP contribution in [0.15, 0.2) is 72.3 Å². The zero-order valence-electron chi connectivity index (χ0n) is 18.4. The number of ether oxygens (including phenoxy) is 1. The summed E-state index contributed by atoms with van der Waals surface area (Å²) in [5, 5.41) is 12.0. The van der Waals surface area contributed by atoms with Crippen molar-refractivity contribution >= 4 is 55.7 Å².